The molecule has 2 amide bonds. The van der Waals surface area contributed by atoms with Crippen LogP contribution in [0.25, 0.3) is 0 Å². The zero-order valence-corrected chi connectivity index (χ0v) is 16.4. The Balaban J connectivity index is 1.23. The van der Waals surface area contributed by atoms with Gasteiger partial charge in [-0.2, -0.15) is 0 Å². The van der Waals surface area contributed by atoms with Crippen LogP contribution >= 0.6 is 0 Å². The molecule has 9 heteroatoms. The van der Waals surface area contributed by atoms with Crippen molar-refractivity contribution in [1.29, 1.82) is 0 Å². The number of nitro benzene ring substituents is 1. The fourth-order valence-electron chi connectivity index (χ4n) is 4.12. The third-order valence-electron chi connectivity index (χ3n) is 6.17. The number of carbonyl (C=O) groups excluding carboxylic acids is 2. The molecule has 2 aliphatic heterocycles. The van der Waals surface area contributed by atoms with Crippen LogP contribution in [0.4, 0.5) is 10.5 Å². The van der Waals surface area contributed by atoms with Gasteiger partial charge in [-0.25, -0.2) is 4.79 Å². The number of rotatable bonds is 4. The first-order valence-electron chi connectivity index (χ1n) is 10.3. The highest BCUT2D eigenvalue weighted by molar-refractivity contribution is 5.83. The Labute approximate surface area is 169 Å². The molecule has 0 aromatic heterocycles. The van der Waals surface area contributed by atoms with Gasteiger partial charge in [0.1, 0.15) is 5.75 Å². The Morgan fingerprint density at radius 1 is 0.966 bits per heavy atom. The van der Waals surface area contributed by atoms with Crippen molar-refractivity contribution in [3.05, 3.63) is 34.4 Å². The third-order valence-corrected chi connectivity index (χ3v) is 6.17. The van der Waals surface area contributed by atoms with Crippen molar-refractivity contribution in [3.8, 4) is 5.75 Å². The molecule has 156 valence electrons. The maximum Gasteiger partial charge on any atom is 0.415 e. The van der Waals surface area contributed by atoms with E-state index in [4.69, 9.17) is 4.74 Å². The van der Waals surface area contributed by atoms with Crippen molar-refractivity contribution in [2.24, 2.45) is 5.92 Å². The molecule has 1 saturated carbocycles. The molecular weight excluding hydrogens is 376 g/mol. The van der Waals surface area contributed by atoms with Crippen LogP contribution in [0.3, 0.4) is 0 Å². The van der Waals surface area contributed by atoms with E-state index in [1.165, 1.54) is 48.4 Å². The van der Waals surface area contributed by atoms with E-state index in [1.807, 2.05) is 4.90 Å². The molecule has 0 atom stereocenters. The molecule has 0 N–H and O–H groups in total. The number of hydrogen-bond acceptors (Lipinski definition) is 6. The second kappa shape index (κ2) is 8.36. The number of nitrogens with zero attached hydrogens (tertiary/aromatic N) is 4. The van der Waals surface area contributed by atoms with E-state index in [1.54, 1.807) is 0 Å². The predicted molar refractivity (Wildman–Crippen MR) is 105 cm³/mol. The number of ether oxygens (including phenoxy) is 1. The molecule has 1 aromatic carbocycles. The SMILES string of the molecule is O=C(Oc1ccc([N+](=O)[O-])cc1)N1CC(C(=O)N2CCCN(C3CCC3)CC2)C1. The summed E-state index contributed by atoms with van der Waals surface area (Å²) in [6, 6.07) is 6.07. The molecule has 9 nitrogen and oxygen atoms in total. The van der Waals surface area contributed by atoms with Gasteiger partial charge in [0.05, 0.1) is 10.8 Å². The highest BCUT2D eigenvalue weighted by atomic mass is 16.6. The van der Waals surface area contributed by atoms with Gasteiger partial charge < -0.3 is 14.5 Å². The Kier molecular flexibility index (Phi) is 5.66. The number of benzene rings is 1. The topological polar surface area (TPSA) is 96.2 Å². The van der Waals surface area contributed by atoms with Crippen LogP contribution in [-0.4, -0.2) is 76.9 Å². The van der Waals surface area contributed by atoms with E-state index < -0.39 is 11.0 Å². The molecule has 2 heterocycles. The summed E-state index contributed by atoms with van der Waals surface area (Å²) in [7, 11) is 0. The molecule has 4 rings (SSSR count). The van der Waals surface area contributed by atoms with Crippen LogP contribution in [-0.2, 0) is 4.79 Å². The lowest BCUT2D eigenvalue weighted by atomic mass is 9.91. The number of amides is 2. The number of nitro groups is 1. The summed E-state index contributed by atoms with van der Waals surface area (Å²) in [4.78, 5) is 41.1. The van der Waals surface area contributed by atoms with Crippen molar-refractivity contribution < 1.29 is 19.2 Å². The molecular formula is C20H26N4O5. The summed E-state index contributed by atoms with van der Waals surface area (Å²) in [6.45, 7) is 4.26. The Morgan fingerprint density at radius 3 is 2.31 bits per heavy atom. The summed E-state index contributed by atoms with van der Waals surface area (Å²) in [5.41, 5.74) is -0.0623. The minimum Gasteiger partial charge on any atom is -0.410 e. The zero-order chi connectivity index (χ0) is 20.4. The molecule has 1 aromatic rings. The van der Waals surface area contributed by atoms with E-state index in [0.29, 0.717) is 19.1 Å². The molecule has 0 unspecified atom stereocenters. The summed E-state index contributed by atoms with van der Waals surface area (Å²) < 4.78 is 5.24. The number of likely N-dealkylation sites (tertiary alicyclic amines) is 1. The first kappa shape index (κ1) is 19.6. The van der Waals surface area contributed by atoms with Gasteiger partial charge in [-0.1, -0.05) is 6.42 Å². The summed E-state index contributed by atoms with van der Waals surface area (Å²) >= 11 is 0. The summed E-state index contributed by atoms with van der Waals surface area (Å²) in [5.74, 6) is 0.202. The fraction of sp³-hybridized carbons (Fsp3) is 0.600. The van der Waals surface area contributed by atoms with Crippen LogP contribution in [0.15, 0.2) is 24.3 Å². The third kappa shape index (κ3) is 4.34. The molecule has 3 fully saturated rings. The van der Waals surface area contributed by atoms with Crippen molar-refractivity contribution in [3.63, 3.8) is 0 Å². The highest BCUT2D eigenvalue weighted by Crippen LogP contribution is 2.27. The second-order valence-electron chi connectivity index (χ2n) is 8.02. The van der Waals surface area contributed by atoms with Crippen molar-refractivity contribution in [1.82, 2.24) is 14.7 Å². The first-order chi connectivity index (χ1) is 14.0. The molecule has 1 aliphatic carbocycles. The first-order valence-corrected chi connectivity index (χ1v) is 10.3. The summed E-state index contributed by atoms with van der Waals surface area (Å²) in [5, 5.41) is 10.7. The van der Waals surface area contributed by atoms with E-state index in [9.17, 15) is 19.7 Å². The van der Waals surface area contributed by atoms with Gasteiger partial charge in [0.2, 0.25) is 5.91 Å². The average molecular weight is 402 g/mol. The van der Waals surface area contributed by atoms with E-state index in [-0.39, 0.29) is 23.3 Å². The highest BCUT2D eigenvalue weighted by Gasteiger charge is 2.39. The van der Waals surface area contributed by atoms with Crippen LogP contribution in [0, 0.1) is 16.0 Å². The predicted octanol–water partition coefficient (Wildman–Crippen LogP) is 2.11. The maximum absolute atomic E-state index is 12.8. The van der Waals surface area contributed by atoms with Crippen LogP contribution in [0.5, 0.6) is 5.75 Å². The van der Waals surface area contributed by atoms with Gasteiger partial charge in [0.25, 0.3) is 5.69 Å². The van der Waals surface area contributed by atoms with Crippen LogP contribution in [0.1, 0.15) is 25.7 Å². The largest absolute Gasteiger partial charge is 0.415 e. The maximum atomic E-state index is 12.8. The van der Waals surface area contributed by atoms with E-state index in [0.717, 1.165) is 32.6 Å². The normalized spacial score (nSPS) is 21.1. The van der Waals surface area contributed by atoms with Gasteiger partial charge in [0, 0.05) is 57.4 Å². The van der Waals surface area contributed by atoms with Crippen molar-refractivity contribution >= 4 is 17.7 Å². The average Bonchev–Trinajstić information content (AvgIpc) is 2.85. The lowest BCUT2D eigenvalue weighted by Gasteiger charge is -2.39. The Morgan fingerprint density at radius 2 is 1.69 bits per heavy atom. The smallest absolute Gasteiger partial charge is 0.410 e. The molecule has 29 heavy (non-hydrogen) atoms. The van der Waals surface area contributed by atoms with Crippen molar-refractivity contribution in [2.45, 2.75) is 31.7 Å². The number of carbonyl (C=O) groups is 2. The monoisotopic (exact) mass is 402 g/mol. The zero-order valence-electron chi connectivity index (χ0n) is 16.4. The fourth-order valence-corrected chi connectivity index (χ4v) is 4.12. The number of non-ortho nitro benzene ring substituents is 1. The molecule has 0 radical (unpaired) electrons. The van der Waals surface area contributed by atoms with Crippen molar-refractivity contribution in [2.75, 3.05) is 39.3 Å². The quantitative estimate of drug-likeness (QED) is 0.565. The van der Waals surface area contributed by atoms with Crippen LogP contribution < -0.4 is 4.74 Å². The lowest BCUT2D eigenvalue weighted by molar-refractivity contribution is -0.384. The minimum atomic E-state index is -0.532. The van der Waals surface area contributed by atoms with Crippen LogP contribution in [0.2, 0.25) is 0 Å². The number of hydrogen-bond donors (Lipinski definition) is 0. The van der Waals surface area contributed by atoms with Gasteiger partial charge in [-0.05, 0) is 31.4 Å². The minimum absolute atomic E-state index is 0.0623. The van der Waals surface area contributed by atoms with E-state index in [2.05, 4.69) is 4.90 Å². The summed E-state index contributed by atoms with van der Waals surface area (Å²) in [6.07, 6.45) is 4.35. The van der Waals surface area contributed by atoms with Gasteiger partial charge >= 0.3 is 6.09 Å². The van der Waals surface area contributed by atoms with E-state index >= 15 is 0 Å². The lowest BCUT2D eigenvalue weighted by Crippen LogP contribution is -2.57. The standard InChI is InChI=1S/C20H26N4O5/c25-19(22-10-2-9-21(11-12-22)16-3-1-4-16)15-13-23(14-15)20(26)29-18-7-5-17(6-8-18)24(27)28/h5-8,15-16H,1-4,9-14H2. The van der Waals surface area contributed by atoms with Gasteiger partial charge in [0.15, 0.2) is 0 Å². The Bertz CT molecular complexity index is 774. The second-order valence-corrected chi connectivity index (χ2v) is 8.02. The molecule has 3 aliphatic rings. The molecule has 0 spiro atoms. The molecule has 2 saturated heterocycles. The Hall–Kier alpha value is -2.68. The molecule has 0 bridgehead atoms. The van der Waals surface area contributed by atoms with Gasteiger partial charge in [-0.3, -0.25) is 19.8 Å². The van der Waals surface area contributed by atoms with Gasteiger partial charge in [-0.15, -0.1) is 0 Å².